The molecule has 0 amide bonds. The van der Waals surface area contributed by atoms with Gasteiger partial charge in [-0.1, -0.05) is 19.9 Å². The Morgan fingerprint density at radius 2 is 1.94 bits per heavy atom. The minimum absolute atomic E-state index is 0.384. The Balaban J connectivity index is 2.88. The summed E-state index contributed by atoms with van der Waals surface area (Å²) < 4.78 is 10.9. The number of ether oxygens (including phenoxy) is 2. The van der Waals surface area contributed by atoms with Crippen molar-refractivity contribution in [3.8, 4) is 11.5 Å². The van der Waals surface area contributed by atoms with Crippen molar-refractivity contribution >= 4 is 0 Å². The zero-order valence-electron chi connectivity index (χ0n) is 12.0. The Labute approximate surface area is 110 Å². The van der Waals surface area contributed by atoms with E-state index in [2.05, 4.69) is 31.3 Å². The lowest BCUT2D eigenvalue weighted by atomic mass is 10.0. The normalized spacial score (nSPS) is 12.2. The summed E-state index contributed by atoms with van der Waals surface area (Å²) in [6.07, 6.45) is 2.21. The summed E-state index contributed by atoms with van der Waals surface area (Å²) >= 11 is 0. The first-order chi connectivity index (χ1) is 8.76. The summed E-state index contributed by atoms with van der Waals surface area (Å²) in [5.41, 5.74) is 1.26. The Kier molecular flexibility index (Phi) is 6.58. The first kappa shape index (κ1) is 14.8. The SMILES string of the molecule is CCCN[C@H](CC)c1ccc(OCC)c(OC)c1. The van der Waals surface area contributed by atoms with Crippen LogP contribution in [-0.4, -0.2) is 20.3 Å². The summed E-state index contributed by atoms with van der Waals surface area (Å²) in [5.74, 6) is 1.63. The molecule has 3 heteroatoms. The highest BCUT2D eigenvalue weighted by Gasteiger charge is 2.12. The van der Waals surface area contributed by atoms with Crippen LogP contribution in [-0.2, 0) is 0 Å². The molecule has 0 unspecified atom stereocenters. The van der Waals surface area contributed by atoms with E-state index in [1.807, 2.05) is 13.0 Å². The average molecular weight is 251 g/mol. The van der Waals surface area contributed by atoms with Gasteiger partial charge in [0.25, 0.3) is 0 Å². The topological polar surface area (TPSA) is 30.5 Å². The summed E-state index contributed by atoms with van der Waals surface area (Å²) in [7, 11) is 1.68. The second kappa shape index (κ2) is 7.98. The largest absolute Gasteiger partial charge is 0.493 e. The van der Waals surface area contributed by atoms with Crippen LogP contribution >= 0.6 is 0 Å². The van der Waals surface area contributed by atoms with Crippen LogP contribution in [0.25, 0.3) is 0 Å². The van der Waals surface area contributed by atoms with Gasteiger partial charge in [-0.15, -0.1) is 0 Å². The number of hydrogen-bond donors (Lipinski definition) is 1. The van der Waals surface area contributed by atoms with Gasteiger partial charge in [0.2, 0.25) is 0 Å². The summed E-state index contributed by atoms with van der Waals surface area (Å²) in [6.45, 7) is 8.04. The number of hydrogen-bond acceptors (Lipinski definition) is 3. The Morgan fingerprint density at radius 3 is 2.50 bits per heavy atom. The smallest absolute Gasteiger partial charge is 0.161 e. The van der Waals surface area contributed by atoms with Gasteiger partial charge in [-0.2, -0.15) is 0 Å². The van der Waals surface area contributed by atoms with Crippen molar-refractivity contribution in [2.75, 3.05) is 20.3 Å². The first-order valence-corrected chi connectivity index (χ1v) is 6.80. The number of methoxy groups -OCH3 is 1. The van der Waals surface area contributed by atoms with Crippen LogP contribution in [0.2, 0.25) is 0 Å². The molecule has 0 fully saturated rings. The number of nitrogens with one attached hydrogen (secondary N) is 1. The van der Waals surface area contributed by atoms with Gasteiger partial charge in [-0.3, -0.25) is 0 Å². The van der Waals surface area contributed by atoms with Gasteiger partial charge in [-0.05, 0) is 44.0 Å². The molecule has 1 atom stereocenters. The highest BCUT2D eigenvalue weighted by molar-refractivity contribution is 5.43. The van der Waals surface area contributed by atoms with E-state index in [0.717, 1.165) is 30.9 Å². The molecule has 0 aliphatic carbocycles. The van der Waals surface area contributed by atoms with Crippen LogP contribution in [0, 0.1) is 0 Å². The lowest BCUT2D eigenvalue weighted by Crippen LogP contribution is -2.21. The molecule has 18 heavy (non-hydrogen) atoms. The number of rotatable bonds is 8. The third-order valence-electron chi connectivity index (χ3n) is 2.94. The maximum atomic E-state index is 5.53. The molecule has 0 aliphatic heterocycles. The second-order valence-corrected chi connectivity index (χ2v) is 4.26. The van der Waals surface area contributed by atoms with Crippen molar-refractivity contribution in [1.29, 1.82) is 0 Å². The third kappa shape index (κ3) is 3.91. The molecule has 0 heterocycles. The molecule has 3 nitrogen and oxygen atoms in total. The molecule has 1 rings (SSSR count). The molecule has 0 radical (unpaired) electrons. The minimum atomic E-state index is 0.384. The molecular formula is C15H25NO2. The lowest BCUT2D eigenvalue weighted by Gasteiger charge is -2.19. The summed E-state index contributed by atoms with van der Waals surface area (Å²) in [5, 5.41) is 3.54. The molecule has 0 aliphatic rings. The van der Waals surface area contributed by atoms with Crippen molar-refractivity contribution in [3.63, 3.8) is 0 Å². The molecule has 0 saturated carbocycles. The fourth-order valence-electron chi connectivity index (χ4n) is 1.99. The van der Waals surface area contributed by atoms with Crippen LogP contribution in [0.15, 0.2) is 18.2 Å². The first-order valence-electron chi connectivity index (χ1n) is 6.80. The predicted octanol–water partition coefficient (Wildman–Crippen LogP) is 3.54. The van der Waals surface area contributed by atoms with E-state index in [0.29, 0.717) is 12.6 Å². The van der Waals surface area contributed by atoms with Gasteiger partial charge in [0, 0.05) is 6.04 Å². The maximum Gasteiger partial charge on any atom is 0.161 e. The Bertz CT molecular complexity index is 352. The van der Waals surface area contributed by atoms with Crippen LogP contribution in [0.4, 0.5) is 0 Å². The van der Waals surface area contributed by atoms with Crippen molar-refractivity contribution < 1.29 is 9.47 Å². The molecule has 0 spiro atoms. The third-order valence-corrected chi connectivity index (χ3v) is 2.94. The molecule has 1 aromatic carbocycles. The van der Waals surface area contributed by atoms with Crippen LogP contribution in [0.5, 0.6) is 11.5 Å². The molecule has 0 aromatic heterocycles. The highest BCUT2D eigenvalue weighted by atomic mass is 16.5. The van der Waals surface area contributed by atoms with E-state index in [9.17, 15) is 0 Å². The lowest BCUT2D eigenvalue weighted by molar-refractivity contribution is 0.310. The van der Waals surface area contributed by atoms with E-state index in [4.69, 9.17) is 9.47 Å². The summed E-state index contributed by atoms with van der Waals surface area (Å²) in [6, 6.07) is 6.56. The molecule has 0 bridgehead atoms. The van der Waals surface area contributed by atoms with E-state index in [1.165, 1.54) is 5.56 Å². The van der Waals surface area contributed by atoms with Crippen LogP contribution in [0.3, 0.4) is 0 Å². The zero-order valence-corrected chi connectivity index (χ0v) is 12.0. The van der Waals surface area contributed by atoms with Gasteiger partial charge >= 0.3 is 0 Å². The van der Waals surface area contributed by atoms with Gasteiger partial charge in [0.05, 0.1) is 13.7 Å². The van der Waals surface area contributed by atoms with Crippen molar-refractivity contribution in [2.24, 2.45) is 0 Å². The van der Waals surface area contributed by atoms with Gasteiger partial charge < -0.3 is 14.8 Å². The van der Waals surface area contributed by atoms with E-state index in [-0.39, 0.29) is 0 Å². The van der Waals surface area contributed by atoms with Crippen molar-refractivity contribution in [2.45, 2.75) is 39.7 Å². The fourth-order valence-corrected chi connectivity index (χ4v) is 1.99. The maximum absolute atomic E-state index is 5.53. The van der Waals surface area contributed by atoms with Crippen LogP contribution in [0.1, 0.15) is 45.2 Å². The quantitative estimate of drug-likeness (QED) is 0.766. The Hall–Kier alpha value is -1.22. The van der Waals surface area contributed by atoms with Gasteiger partial charge in [0.15, 0.2) is 11.5 Å². The molecule has 102 valence electrons. The van der Waals surface area contributed by atoms with E-state index >= 15 is 0 Å². The number of benzene rings is 1. The molecule has 0 saturated heterocycles. The molecular weight excluding hydrogens is 226 g/mol. The monoisotopic (exact) mass is 251 g/mol. The second-order valence-electron chi connectivity index (χ2n) is 4.26. The fraction of sp³-hybridized carbons (Fsp3) is 0.600. The minimum Gasteiger partial charge on any atom is -0.493 e. The predicted molar refractivity (Wildman–Crippen MR) is 75.5 cm³/mol. The van der Waals surface area contributed by atoms with Crippen molar-refractivity contribution in [3.05, 3.63) is 23.8 Å². The van der Waals surface area contributed by atoms with E-state index < -0.39 is 0 Å². The summed E-state index contributed by atoms with van der Waals surface area (Å²) in [4.78, 5) is 0. The van der Waals surface area contributed by atoms with Gasteiger partial charge in [0.1, 0.15) is 0 Å². The van der Waals surface area contributed by atoms with Gasteiger partial charge in [-0.25, -0.2) is 0 Å². The molecule has 1 aromatic rings. The van der Waals surface area contributed by atoms with Crippen LogP contribution < -0.4 is 14.8 Å². The zero-order chi connectivity index (χ0) is 13.4. The van der Waals surface area contributed by atoms with Crippen molar-refractivity contribution in [1.82, 2.24) is 5.32 Å². The molecule has 1 N–H and O–H groups in total. The standard InChI is InChI=1S/C15H25NO2/c1-5-10-16-13(6-2)12-8-9-14(18-7-3)15(11-12)17-4/h8-9,11,13,16H,5-7,10H2,1-4H3/t13-/m1/s1. The average Bonchev–Trinajstić information content (AvgIpc) is 2.41. The van der Waals surface area contributed by atoms with E-state index in [1.54, 1.807) is 7.11 Å². The highest BCUT2D eigenvalue weighted by Crippen LogP contribution is 2.31. The Morgan fingerprint density at radius 1 is 1.17 bits per heavy atom.